The smallest absolute Gasteiger partial charge is 0.229 e. The number of anilines is 3. The van der Waals surface area contributed by atoms with Gasteiger partial charge in [-0.15, -0.1) is 0 Å². The molecule has 26 heavy (non-hydrogen) atoms. The van der Waals surface area contributed by atoms with E-state index in [2.05, 4.69) is 21.3 Å². The van der Waals surface area contributed by atoms with E-state index >= 15 is 0 Å². The lowest BCUT2D eigenvalue weighted by atomic mass is 10.3. The highest BCUT2D eigenvalue weighted by Crippen LogP contribution is 2.28. The first kappa shape index (κ1) is 16.7. The second kappa shape index (κ2) is 7.21. The number of morpholine rings is 1. The fourth-order valence-corrected chi connectivity index (χ4v) is 3.07. The van der Waals surface area contributed by atoms with Gasteiger partial charge in [-0.1, -0.05) is 0 Å². The van der Waals surface area contributed by atoms with Crippen molar-refractivity contribution in [3.8, 4) is 5.75 Å². The Labute approximate surface area is 152 Å². The Kier molecular flexibility index (Phi) is 4.62. The molecule has 136 valence electrons. The van der Waals surface area contributed by atoms with Crippen LogP contribution in [-0.2, 0) is 4.74 Å². The lowest BCUT2D eigenvalue weighted by Gasteiger charge is -2.27. The zero-order valence-corrected chi connectivity index (χ0v) is 15.1. The first-order valence-electron chi connectivity index (χ1n) is 8.93. The van der Waals surface area contributed by atoms with Crippen LogP contribution in [0.4, 0.5) is 17.5 Å². The van der Waals surface area contributed by atoms with Gasteiger partial charge in [-0.05, 0) is 44.2 Å². The van der Waals surface area contributed by atoms with Crippen LogP contribution in [0.25, 0.3) is 11.0 Å². The largest absolute Gasteiger partial charge is 0.494 e. The predicted octanol–water partition coefficient (Wildman–Crippen LogP) is 3.25. The van der Waals surface area contributed by atoms with Crippen molar-refractivity contribution in [1.82, 2.24) is 15.0 Å². The summed E-state index contributed by atoms with van der Waals surface area (Å²) in [5, 5.41) is 4.40. The van der Waals surface area contributed by atoms with Crippen LogP contribution < -0.4 is 15.0 Å². The van der Waals surface area contributed by atoms with E-state index in [-0.39, 0.29) is 0 Å². The van der Waals surface area contributed by atoms with Crippen molar-refractivity contribution in [2.24, 2.45) is 0 Å². The molecule has 1 aromatic carbocycles. The van der Waals surface area contributed by atoms with Gasteiger partial charge < -0.3 is 24.7 Å². The van der Waals surface area contributed by atoms with Crippen LogP contribution in [0.2, 0.25) is 0 Å². The molecule has 4 rings (SSSR count). The Morgan fingerprint density at radius 1 is 1.19 bits per heavy atom. The number of hydrogen-bond donors (Lipinski definition) is 2. The second-order valence-electron chi connectivity index (χ2n) is 6.27. The van der Waals surface area contributed by atoms with Crippen molar-refractivity contribution >= 4 is 28.5 Å². The summed E-state index contributed by atoms with van der Waals surface area (Å²) in [7, 11) is 0. The molecule has 1 fully saturated rings. The Balaban J connectivity index is 1.67. The van der Waals surface area contributed by atoms with E-state index in [4.69, 9.17) is 19.4 Å². The number of fused-ring (bicyclic) bond motifs is 1. The monoisotopic (exact) mass is 353 g/mol. The molecule has 0 unspecified atom stereocenters. The number of aromatic nitrogens is 3. The number of H-pyrrole nitrogens is 1. The van der Waals surface area contributed by atoms with Crippen molar-refractivity contribution in [2.75, 3.05) is 43.1 Å². The van der Waals surface area contributed by atoms with E-state index in [0.717, 1.165) is 53.0 Å². The summed E-state index contributed by atoms with van der Waals surface area (Å²) in [6, 6.07) is 9.96. The van der Waals surface area contributed by atoms with Gasteiger partial charge in [-0.3, -0.25) is 0 Å². The van der Waals surface area contributed by atoms with Gasteiger partial charge >= 0.3 is 0 Å². The van der Waals surface area contributed by atoms with Crippen molar-refractivity contribution in [1.29, 1.82) is 0 Å². The Morgan fingerprint density at radius 3 is 2.69 bits per heavy atom. The quantitative estimate of drug-likeness (QED) is 0.733. The van der Waals surface area contributed by atoms with Crippen LogP contribution in [0.5, 0.6) is 5.75 Å². The Morgan fingerprint density at radius 2 is 1.96 bits per heavy atom. The maximum absolute atomic E-state index is 5.51. The van der Waals surface area contributed by atoms with E-state index in [1.165, 1.54) is 0 Å². The van der Waals surface area contributed by atoms with Gasteiger partial charge in [0.1, 0.15) is 17.2 Å². The standard InChI is InChI=1S/C19H23N5O2/c1-3-26-15-6-4-14(5-7-15)21-18-16-12-13(2)20-17(16)22-19(23-18)24-8-10-25-11-9-24/h4-7,12H,3,8-11H2,1-2H3,(H2,20,21,22,23). The van der Waals surface area contributed by atoms with Gasteiger partial charge in [0, 0.05) is 24.5 Å². The third-order valence-corrected chi connectivity index (χ3v) is 4.33. The van der Waals surface area contributed by atoms with Crippen LogP contribution in [0.1, 0.15) is 12.6 Å². The molecule has 0 spiro atoms. The number of rotatable bonds is 5. The molecule has 0 atom stereocenters. The number of ether oxygens (including phenoxy) is 2. The number of aromatic amines is 1. The van der Waals surface area contributed by atoms with Gasteiger partial charge in [0.25, 0.3) is 0 Å². The lowest BCUT2D eigenvalue weighted by molar-refractivity contribution is 0.122. The Hall–Kier alpha value is -2.80. The fraction of sp³-hybridized carbons (Fsp3) is 0.368. The molecule has 0 aliphatic carbocycles. The maximum atomic E-state index is 5.51. The molecule has 7 heteroatoms. The second-order valence-corrected chi connectivity index (χ2v) is 6.27. The van der Waals surface area contributed by atoms with Crippen LogP contribution >= 0.6 is 0 Å². The summed E-state index contributed by atoms with van der Waals surface area (Å²) < 4.78 is 10.9. The van der Waals surface area contributed by atoms with E-state index in [0.29, 0.717) is 19.8 Å². The molecular weight excluding hydrogens is 330 g/mol. The van der Waals surface area contributed by atoms with Crippen LogP contribution in [0.15, 0.2) is 30.3 Å². The summed E-state index contributed by atoms with van der Waals surface area (Å²) in [6.07, 6.45) is 0. The van der Waals surface area contributed by atoms with E-state index in [1.807, 2.05) is 38.1 Å². The molecule has 7 nitrogen and oxygen atoms in total. The number of nitrogens with one attached hydrogen (secondary N) is 2. The van der Waals surface area contributed by atoms with Crippen molar-refractivity contribution in [3.63, 3.8) is 0 Å². The summed E-state index contributed by atoms with van der Waals surface area (Å²) >= 11 is 0. The SMILES string of the molecule is CCOc1ccc(Nc2nc(N3CCOCC3)nc3[nH]c(C)cc23)cc1. The highest BCUT2D eigenvalue weighted by Gasteiger charge is 2.17. The predicted molar refractivity (Wildman–Crippen MR) is 103 cm³/mol. The minimum atomic E-state index is 0.658. The third-order valence-electron chi connectivity index (χ3n) is 4.33. The highest BCUT2D eigenvalue weighted by molar-refractivity contribution is 5.90. The molecule has 0 radical (unpaired) electrons. The van der Waals surface area contributed by atoms with Crippen molar-refractivity contribution in [2.45, 2.75) is 13.8 Å². The molecule has 0 amide bonds. The minimum absolute atomic E-state index is 0.658. The van der Waals surface area contributed by atoms with Gasteiger partial charge in [0.2, 0.25) is 5.95 Å². The number of benzene rings is 1. The van der Waals surface area contributed by atoms with Crippen molar-refractivity contribution < 1.29 is 9.47 Å². The van der Waals surface area contributed by atoms with Crippen molar-refractivity contribution in [3.05, 3.63) is 36.0 Å². The minimum Gasteiger partial charge on any atom is -0.494 e. The molecule has 0 saturated carbocycles. The molecule has 2 N–H and O–H groups in total. The topological polar surface area (TPSA) is 75.3 Å². The van der Waals surface area contributed by atoms with Gasteiger partial charge in [0.15, 0.2) is 0 Å². The summed E-state index contributed by atoms with van der Waals surface area (Å²) in [5.41, 5.74) is 2.86. The lowest BCUT2D eigenvalue weighted by Crippen LogP contribution is -2.37. The fourth-order valence-electron chi connectivity index (χ4n) is 3.07. The van der Waals surface area contributed by atoms with Crippen LogP contribution in [0, 0.1) is 6.92 Å². The third kappa shape index (κ3) is 3.43. The molecular formula is C19H23N5O2. The zero-order chi connectivity index (χ0) is 17.9. The number of aryl methyl sites for hydroxylation is 1. The molecule has 2 aromatic heterocycles. The number of hydrogen-bond acceptors (Lipinski definition) is 6. The van der Waals surface area contributed by atoms with Gasteiger partial charge in [-0.2, -0.15) is 9.97 Å². The summed E-state index contributed by atoms with van der Waals surface area (Å²) in [4.78, 5) is 15.0. The van der Waals surface area contributed by atoms with Gasteiger partial charge in [0.05, 0.1) is 25.2 Å². The zero-order valence-electron chi connectivity index (χ0n) is 15.1. The van der Waals surface area contributed by atoms with Crippen LogP contribution in [0.3, 0.4) is 0 Å². The molecule has 3 heterocycles. The molecule has 0 bridgehead atoms. The highest BCUT2D eigenvalue weighted by atomic mass is 16.5. The van der Waals surface area contributed by atoms with Gasteiger partial charge in [-0.25, -0.2) is 0 Å². The summed E-state index contributed by atoms with van der Waals surface area (Å²) in [5.74, 6) is 2.37. The molecule has 1 aliphatic rings. The molecule has 1 aliphatic heterocycles. The first-order chi connectivity index (χ1) is 12.7. The van der Waals surface area contributed by atoms with E-state index in [1.54, 1.807) is 0 Å². The Bertz CT molecular complexity index is 885. The molecule has 3 aromatic rings. The van der Waals surface area contributed by atoms with E-state index in [9.17, 15) is 0 Å². The average Bonchev–Trinajstić information content (AvgIpc) is 3.05. The van der Waals surface area contributed by atoms with E-state index < -0.39 is 0 Å². The molecule has 1 saturated heterocycles. The first-order valence-corrected chi connectivity index (χ1v) is 8.93. The average molecular weight is 353 g/mol. The maximum Gasteiger partial charge on any atom is 0.229 e. The summed E-state index contributed by atoms with van der Waals surface area (Å²) in [6.45, 7) is 7.66. The normalized spacial score (nSPS) is 14.6. The van der Waals surface area contributed by atoms with Crippen LogP contribution in [-0.4, -0.2) is 47.9 Å². The number of nitrogens with zero attached hydrogens (tertiary/aromatic N) is 3.